The van der Waals surface area contributed by atoms with Crippen LogP contribution in [0.25, 0.3) is 4.91 Å². The maximum Gasteiger partial charge on any atom is 0.264 e. The number of nitrogens with one attached hydrogen (secondary N) is 1. The summed E-state index contributed by atoms with van der Waals surface area (Å²) in [6.07, 6.45) is 4.11. The van der Waals surface area contributed by atoms with Crippen LogP contribution in [0, 0.1) is 0 Å². The van der Waals surface area contributed by atoms with Gasteiger partial charge in [0.1, 0.15) is 17.1 Å². The number of aliphatic hydroxyl groups is 1. The fourth-order valence-electron chi connectivity index (χ4n) is 3.82. The van der Waals surface area contributed by atoms with Gasteiger partial charge in [-0.25, -0.2) is 4.99 Å². The zero-order valence-corrected chi connectivity index (χ0v) is 14.5. The minimum Gasteiger partial charge on any atom is -0.489 e. The lowest BCUT2D eigenvalue weighted by atomic mass is 9.88. The van der Waals surface area contributed by atoms with Crippen molar-refractivity contribution in [3.8, 4) is 0 Å². The third kappa shape index (κ3) is 2.39. The molecule has 1 amide bonds. The Balaban J connectivity index is 1.57. The van der Waals surface area contributed by atoms with Crippen LogP contribution in [0.3, 0.4) is 0 Å². The number of H-pyrrole nitrogens is 1. The number of hydrogen-bond acceptors (Lipinski definition) is 6. The van der Waals surface area contributed by atoms with Gasteiger partial charge in [0, 0.05) is 43.4 Å². The van der Waals surface area contributed by atoms with E-state index in [-0.39, 0.29) is 23.4 Å². The number of allylic oxidation sites excluding steroid dienone is 1. The lowest BCUT2D eigenvalue weighted by Crippen LogP contribution is -2.53. The number of aliphatic imine (C=N–C) groups is 1. The number of ether oxygens (including phenoxy) is 1. The fourth-order valence-corrected chi connectivity index (χ4v) is 5.09. The van der Waals surface area contributed by atoms with Crippen molar-refractivity contribution in [2.24, 2.45) is 4.99 Å². The van der Waals surface area contributed by atoms with E-state index < -0.39 is 0 Å². The predicted octanol–water partition coefficient (Wildman–Crippen LogP) is 0.957. The Bertz CT molecular complexity index is 836. The van der Waals surface area contributed by atoms with Crippen LogP contribution < -0.4 is 0 Å². The molecule has 25 heavy (non-hydrogen) atoms. The van der Waals surface area contributed by atoms with Crippen molar-refractivity contribution < 1.29 is 14.6 Å². The molecule has 1 aromatic rings. The number of rotatable bonds is 3. The molecule has 7 nitrogen and oxygen atoms in total. The molecular weight excluding hydrogens is 340 g/mol. The number of hydrogen-bond donors (Lipinski definition) is 2. The Morgan fingerprint density at radius 2 is 2.32 bits per heavy atom. The zero-order chi connectivity index (χ0) is 17.1. The Morgan fingerprint density at radius 3 is 3.04 bits per heavy atom. The first-order chi connectivity index (χ1) is 12.1. The van der Waals surface area contributed by atoms with Crippen LogP contribution in [-0.2, 0) is 9.53 Å². The molecule has 0 spiro atoms. The summed E-state index contributed by atoms with van der Waals surface area (Å²) >= 11 is 1.51. The number of aromatic nitrogens is 2. The van der Waals surface area contributed by atoms with Gasteiger partial charge in [-0.1, -0.05) is 0 Å². The molecule has 0 radical (unpaired) electrons. The Labute approximate surface area is 148 Å². The van der Waals surface area contributed by atoms with Gasteiger partial charge < -0.3 is 9.84 Å². The van der Waals surface area contributed by atoms with Crippen molar-refractivity contribution in [1.82, 2.24) is 15.1 Å². The molecule has 5 rings (SSSR count). The maximum absolute atomic E-state index is 12.7. The van der Waals surface area contributed by atoms with Gasteiger partial charge in [-0.3, -0.25) is 14.8 Å². The summed E-state index contributed by atoms with van der Waals surface area (Å²) in [7, 11) is 0. The van der Waals surface area contributed by atoms with Crippen molar-refractivity contribution in [3.63, 3.8) is 0 Å². The monoisotopic (exact) mass is 358 g/mol. The van der Waals surface area contributed by atoms with Crippen LogP contribution in [0.5, 0.6) is 0 Å². The van der Waals surface area contributed by atoms with Crippen LogP contribution >= 0.6 is 11.8 Å². The summed E-state index contributed by atoms with van der Waals surface area (Å²) in [5.41, 5.74) is 3.92. The first-order valence-electron chi connectivity index (χ1n) is 8.42. The summed E-state index contributed by atoms with van der Waals surface area (Å²) in [4.78, 5) is 20.1. The van der Waals surface area contributed by atoms with Crippen LogP contribution in [0.2, 0.25) is 0 Å². The normalized spacial score (nSPS) is 29.5. The smallest absolute Gasteiger partial charge is 0.264 e. The molecule has 0 aliphatic carbocycles. The number of nitrogens with zero attached hydrogens (tertiary/aromatic N) is 3. The van der Waals surface area contributed by atoms with Gasteiger partial charge in [-0.2, -0.15) is 5.10 Å². The number of dihydropyridines is 1. The van der Waals surface area contributed by atoms with E-state index in [9.17, 15) is 9.90 Å². The Kier molecular flexibility index (Phi) is 3.41. The number of amides is 1. The van der Waals surface area contributed by atoms with Crippen molar-refractivity contribution >= 4 is 28.3 Å². The quantitative estimate of drug-likeness (QED) is 0.836. The van der Waals surface area contributed by atoms with Crippen molar-refractivity contribution in [2.45, 2.75) is 30.8 Å². The van der Waals surface area contributed by atoms with E-state index in [0.29, 0.717) is 19.6 Å². The van der Waals surface area contributed by atoms with Gasteiger partial charge in [0.15, 0.2) is 0 Å². The first kappa shape index (κ1) is 15.4. The van der Waals surface area contributed by atoms with Gasteiger partial charge in [-0.05, 0) is 12.5 Å². The first-order valence-corrected chi connectivity index (χ1v) is 9.30. The molecule has 130 valence electrons. The Morgan fingerprint density at radius 1 is 1.48 bits per heavy atom. The van der Waals surface area contributed by atoms with E-state index in [1.807, 2.05) is 13.1 Å². The zero-order valence-electron chi connectivity index (χ0n) is 13.7. The molecule has 2 atom stereocenters. The van der Waals surface area contributed by atoms with Crippen LogP contribution in [0.1, 0.15) is 18.9 Å². The molecule has 8 heteroatoms. The van der Waals surface area contributed by atoms with Crippen molar-refractivity contribution in [1.29, 1.82) is 0 Å². The summed E-state index contributed by atoms with van der Waals surface area (Å²) in [5, 5.41) is 16.0. The number of carbonyl (C=O) groups excluding carboxylic acids is 1. The average molecular weight is 358 g/mol. The minimum atomic E-state index is -0.312. The number of thioether (sulfide) groups is 1. The second-order valence-corrected chi connectivity index (χ2v) is 8.03. The van der Waals surface area contributed by atoms with Crippen LogP contribution in [0.15, 0.2) is 34.3 Å². The van der Waals surface area contributed by atoms with Gasteiger partial charge >= 0.3 is 0 Å². The summed E-state index contributed by atoms with van der Waals surface area (Å²) in [6.45, 7) is 3.94. The summed E-state index contributed by atoms with van der Waals surface area (Å²) in [6, 6.07) is 0. The number of carbonyl (C=O) groups is 1. The second kappa shape index (κ2) is 5.55. The van der Waals surface area contributed by atoms with E-state index in [4.69, 9.17) is 4.74 Å². The second-order valence-electron chi connectivity index (χ2n) is 6.91. The van der Waals surface area contributed by atoms with Gasteiger partial charge in [-0.15, -0.1) is 11.8 Å². The number of aromatic amines is 1. The molecule has 0 saturated carbocycles. The summed E-state index contributed by atoms with van der Waals surface area (Å²) in [5.74, 6) is 0.698. The Hall–Kier alpha value is -1.90. The van der Waals surface area contributed by atoms with Gasteiger partial charge in [0.05, 0.1) is 22.9 Å². The van der Waals surface area contributed by atoms with E-state index in [2.05, 4.69) is 20.1 Å². The van der Waals surface area contributed by atoms with Gasteiger partial charge in [0.25, 0.3) is 5.91 Å². The topological polar surface area (TPSA) is 90.8 Å². The highest BCUT2D eigenvalue weighted by molar-refractivity contribution is 8.10. The third-order valence-corrected chi connectivity index (χ3v) is 6.30. The van der Waals surface area contributed by atoms with E-state index in [1.165, 1.54) is 11.8 Å². The van der Waals surface area contributed by atoms with Crippen molar-refractivity contribution in [2.75, 3.05) is 19.6 Å². The maximum atomic E-state index is 12.7. The molecule has 1 fully saturated rings. The minimum absolute atomic E-state index is 0.0374. The highest BCUT2D eigenvalue weighted by atomic mass is 32.2. The van der Waals surface area contributed by atoms with Gasteiger partial charge in [0.2, 0.25) is 0 Å². The number of β-amino-alcohol motifs (C(OH)–C–C–N with tert-alkyl or cyclic N) is 1. The lowest BCUT2D eigenvalue weighted by molar-refractivity contribution is -0.116. The molecule has 0 aromatic carbocycles. The van der Waals surface area contributed by atoms with Crippen LogP contribution in [-0.4, -0.2) is 68.9 Å². The van der Waals surface area contributed by atoms with E-state index in [0.717, 1.165) is 39.5 Å². The van der Waals surface area contributed by atoms with E-state index >= 15 is 0 Å². The largest absolute Gasteiger partial charge is 0.489 e. The molecule has 0 bridgehead atoms. The van der Waals surface area contributed by atoms with E-state index in [1.54, 1.807) is 6.20 Å². The summed E-state index contributed by atoms with van der Waals surface area (Å²) < 4.78 is 6.14. The molecule has 4 aliphatic rings. The SMILES string of the molecule is C[C@H]1CC2=C3C(=C(c4cn[nH]c4)SC3C(=O)N=C2CN2CC(O)C2)O1. The molecule has 4 aliphatic heterocycles. The van der Waals surface area contributed by atoms with Crippen molar-refractivity contribution in [3.05, 3.63) is 34.9 Å². The molecule has 2 N–H and O–H groups in total. The highest BCUT2D eigenvalue weighted by Gasteiger charge is 2.46. The third-order valence-electron chi connectivity index (χ3n) is 4.97. The molecule has 1 aromatic heterocycles. The standard InChI is InChI=1S/C17H18N4O3S/c1-8-2-11-12(7-21-5-10(22)6-21)20-17(23)16-13(11)14(24-8)15(25-16)9-3-18-19-4-9/h3-4,8,10,16,22H,2,5-7H2,1H3,(H,18,19)/t8-,16?/m0/s1. The molecular formula is C17H18N4O3S. The number of likely N-dealkylation sites (tertiary alicyclic amines) is 1. The fraction of sp³-hybridized carbons (Fsp3) is 0.471. The predicted molar refractivity (Wildman–Crippen MR) is 94.0 cm³/mol. The molecule has 1 unspecified atom stereocenters. The highest BCUT2D eigenvalue weighted by Crippen LogP contribution is 2.53. The molecule has 1 saturated heterocycles. The average Bonchev–Trinajstić information content (AvgIpc) is 3.18. The lowest BCUT2D eigenvalue weighted by Gasteiger charge is -2.38. The molecule has 5 heterocycles. The number of aliphatic hydroxyl groups excluding tert-OH is 1. The van der Waals surface area contributed by atoms with Crippen LogP contribution in [0.4, 0.5) is 0 Å².